The summed E-state index contributed by atoms with van der Waals surface area (Å²) in [7, 11) is 0. The maximum Gasteiger partial charge on any atom is 0.339 e. The average molecular weight is 268 g/mol. The van der Waals surface area contributed by atoms with Gasteiger partial charge in [-0.05, 0) is 43.2 Å². The Morgan fingerprint density at radius 1 is 1.05 bits per heavy atom. The minimum atomic E-state index is -1.11. The lowest BCUT2D eigenvalue weighted by molar-refractivity contribution is 0.0698. The lowest BCUT2D eigenvalue weighted by atomic mass is 10.0. The Balaban J connectivity index is 2.62. The maximum absolute atomic E-state index is 12.5. The third-order valence-corrected chi connectivity index (χ3v) is 3.62. The largest absolute Gasteiger partial charge is 0.478 e. The van der Waals surface area contributed by atoms with Crippen LogP contribution in [0.1, 0.15) is 21.5 Å². The van der Waals surface area contributed by atoms with E-state index in [9.17, 15) is 14.7 Å². The molecule has 0 unspecified atom stereocenters. The van der Waals surface area contributed by atoms with Crippen molar-refractivity contribution in [3.8, 4) is 0 Å². The van der Waals surface area contributed by atoms with Gasteiger partial charge in [0.1, 0.15) is 11.1 Å². The predicted octanol–water partition coefficient (Wildman–Crippen LogP) is 3.26. The van der Waals surface area contributed by atoms with Crippen LogP contribution in [0.2, 0.25) is 0 Å². The normalized spacial score (nSPS) is 11.1. The number of carbonyl (C=O) groups is 1. The number of aryl methyl sites for hydroxylation is 2. The van der Waals surface area contributed by atoms with Gasteiger partial charge in [-0.1, -0.05) is 12.1 Å². The zero-order chi connectivity index (χ0) is 14.4. The summed E-state index contributed by atoms with van der Waals surface area (Å²) in [6.07, 6.45) is 0. The Morgan fingerprint density at radius 2 is 1.75 bits per heavy atom. The van der Waals surface area contributed by atoms with Crippen LogP contribution in [0.5, 0.6) is 0 Å². The SMILES string of the molecule is Cc1ccc2c(=O)c3cccc(C(=O)O)c3oc2c1C. The maximum atomic E-state index is 12.5. The van der Waals surface area contributed by atoms with Crippen LogP contribution in [0.25, 0.3) is 21.9 Å². The highest BCUT2D eigenvalue weighted by molar-refractivity contribution is 6.03. The van der Waals surface area contributed by atoms with Gasteiger partial charge in [0.2, 0.25) is 5.43 Å². The lowest BCUT2D eigenvalue weighted by Gasteiger charge is -2.07. The summed E-state index contributed by atoms with van der Waals surface area (Å²) in [6, 6.07) is 8.15. The van der Waals surface area contributed by atoms with E-state index >= 15 is 0 Å². The summed E-state index contributed by atoms with van der Waals surface area (Å²) in [5.74, 6) is -1.11. The Morgan fingerprint density at radius 3 is 2.45 bits per heavy atom. The molecule has 20 heavy (non-hydrogen) atoms. The predicted molar refractivity (Wildman–Crippen MR) is 76.4 cm³/mol. The van der Waals surface area contributed by atoms with Crippen molar-refractivity contribution in [3.63, 3.8) is 0 Å². The van der Waals surface area contributed by atoms with Crippen molar-refractivity contribution >= 4 is 27.9 Å². The van der Waals surface area contributed by atoms with Gasteiger partial charge >= 0.3 is 5.97 Å². The molecule has 100 valence electrons. The van der Waals surface area contributed by atoms with Gasteiger partial charge in [-0.25, -0.2) is 4.79 Å². The summed E-state index contributed by atoms with van der Waals surface area (Å²) in [5, 5.41) is 9.98. The Labute approximate surface area is 114 Å². The first-order valence-corrected chi connectivity index (χ1v) is 6.19. The van der Waals surface area contributed by atoms with Gasteiger partial charge in [0.25, 0.3) is 0 Å². The molecule has 2 aromatic carbocycles. The van der Waals surface area contributed by atoms with Crippen molar-refractivity contribution in [1.29, 1.82) is 0 Å². The molecule has 4 nitrogen and oxygen atoms in total. The Hall–Kier alpha value is -2.62. The molecule has 0 atom stereocenters. The van der Waals surface area contributed by atoms with Crippen molar-refractivity contribution in [3.05, 3.63) is 57.2 Å². The number of hydrogen-bond donors (Lipinski definition) is 1. The quantitative estimate of drug-likeness (QED) is 0.688. The van der Waals surface area contributed by atoms with E-state index in [1.165, 1.54) is 6.07 Å². The number of hydrogen-bond acceptors (Lipinski definition) is 3. The number of rotatable bonds is 1. The minimum Gasteiger partial charge on any atom is -0.478 e. The molecule has 0 bridgehead atoms. The number of benzene rings is 2. The highest BCUT2D eigenvalue weighted by Crippen LogP contribution is 2.25. The highest BCUT2D eigenvalue weighted by Gasteiger charge is 2.16. The molecule has 3 aromatic rings. The first-order valence-electron chi connectivity index (χ1n) is 6.19. The molecule has 0 aliphatic carbocycles. The average Bonchev–Trinajstić information content (AvgIpc) is 2.43. The van der Waals surface area contributed by atoms with E-state index in [1.54, 1.807) is 18.2 Å². The fourth-order valence-electron chi connectivity index (χ4n) is 2.34. The van der Waals surface area contributed by atoms with E-state index in [0.717, 1.165) is 11.1 Å². The third kappa shape index (κ3) is 1.61. The molecule has 0 saturated heterocycles. The highest BCUT2D eigenvalue weighted by atomic mass is 16.4. The van der Waals surface area contributed by atoms with E-state index in [0.29, 0.717) is 16.4 Å². The lowest BCUT2D eigenvalue weighted by Crippen LogP contribution is -2.06. The first kappa shape index (κ1) is 12.4. The van der Waals surface area contributed by atoms with Crippen LogP contribution in [-0.2, 0) is 0 Å². The zero-order valence-corrected chi connectivity index (χ0v) is 11.1. The topological polar surface area (TPSA) is 67.5 Å². The van der Waals surface area contributed by atoms with E-state index in [-0.39, 0.29) is 16.6 Å². The van der Waals surface area contributed by atoms with Gasteiger partial charge in [-0.2, -0.15) is 0 Å². The van der Waals surface area contributed by atoms with Crippen molar-refractivity contribution in [2.24, 2.45) is 0 Å². The standard InChI is InChI=1S/C16H12O4/c1-8-6-7-11-13(17)10-4-3-5-12(16(18)19)15(10)20-14(11)9(8)2/h3-7H,1-2H3,(H,18,19). The van der Waals surface area contributed by atoms with Gasteiger partial charge in [-0.3, -0.25) is 4.79 Å². The molecule has 1 heterocycles. The van der Waals surface area contributed by atoms with Gasteiger partial charge in [0, 0.05) is 0 Å². The fourth-order valence-corrected chi connectivity index (χ4v) is 2.34. The van der Waals surface area contributed by atoms with Crippen LogP contribution in [0, 0.1) is 13.8 Å². The first-order chi connectivity index (χ1) is 9.50. The van der Waals surface area contributed by atoms with Crippen LogP contribution in [0.3, 0.4) is 0 Å². The molecule has 0 aliphatic heterocycles. The van der Waals surface area contributed by atoms with Crippen LogP contribution < -0.4 is 5.43 Å². The molecule has 3 rings (SSSR count). The summed E-state index contributed by atoms with van der Waals surface area (Å²) >= 11 is 0. The summed E-state index contributed by atoms with van der Waals surface area (Å²) in [6.45, 7) is 3.78. The number of aromatic carboxylic acids is 1. The van der Waals surface area contributed by atoms with Crippen LogP contribution >= 0.6 is 0 Å². The van der Waals surface area contributed by atoms with E-state index in [2.05, 4.69) is 0 Å². The van der Waals surface area contributed by atoms with Crippen LogP contribution in [0.15, 0.2) is 39.5 Å². The van der Waals surface area contributed by atoms with Crippen molar-refractivity contribution in [2.45, 2.75) is 13.8 Å². The molecule has 0 spiro atoms. The molecule has 1 N–H and O–H groups in total. The van der Waals surface area contributed by atoms with Crippen molar-refractivity contribution in [1.82, 2.24) is 0 Å². The molecule has 1 aromatic heterocycles. The van der Waals surface area contributed by atoms with Crippen molar-refractivity contribution in [2.75, 3.05) is 0 Å². The van der Waals surface area contributed by atoms with Gasteiger partial charge in [-0.15, -0.1) is 0 Å². The van der Waals surface area contributed by atoms with Crippen LogP contribution in [-0.4, -0.2) is 11.1 Å². The second-order valence-electron chi connectivity index (χ2n) is 4.80. The number of carboxylic acids is 1. The molecule has 0 amide bonds. The van der Waals surface area contributed by atoms with Gasteiger partial charge in [0.15, 0.2) is 5.58 Å². The molecule has 0 aliphatic rings. The Kier molecular flexibility index (Phi) is 2.61. The molecule has 4 heteroatoms. The molecule has 0 fully saturated rings. The fraction of sp³-hybridized carbons (Fsp3) is 0.125. The van der Waals surface area contributed by atoms with Gasteiger partial charge < -0.3 is 9.52 Å². The van der Waals surface area contributed by atoms with Crippen LogP contribution in [0.4, 0.5) is 0 Å². The van der Waals surface area contributed by atoms with E-state index in [4.69, 9.17) is 4.42 Å². The summed E-state index contributed by atoms with van der Waals surface area (Å²) in [5.41, 5.74) is 2.23. The molecule has 0 radical (unpaired) electrons. The van der Waals surface area contributed by atoms with Gasteiger partial charge in [0.05, 0.1) is 10.8 Å². The number of carboxylic acid groups (broad SMARTS) is 1. The summed E-state index contributed by atoms with van der Waals surface area (Å²) in [4.78, 5) is 23.7. The van der Waals surface area contributed by atoms with E-state index < -0.39 is 5.97 Å². The second-order valence-corrected chi connectivity index (χ2v) is 4.80. The molecule has 0 saturated carbocycles. The number of fused-ring (bicyclic) bond motifs is 2. The third-order valence-electron chi connectivity index (χ3n) is 3.62. The van der Waals surface area contributed by atoms with Crippen molar-refractivity contribution < 1.29 is 14.3 Å². The van der Waals surface area contributed by atoms with E-state index in [1.807, 2.05) is 19.9 Å². The second kappa shape index (κ2) is 4.20. The molecular formula is C16H12O4. The smallest absolute Gasteiger partial charge is 0.339 e. The zero-order valence-electron chi connectivity index (χ0n) is 11.1. The summed E-state index contributed by atoms with van der Waals surface area (Å²) < 4.78 is 5.75. The number of para-hydroxylation sites is 1. The molecular weight excluding hydrogens is 256 g/mol. The Bertz CT molecular complexity index is 919. The minimum absolute atomic E-state index is 0.00223. The monoisotopic (exact) mass is 268 g/mol.